The summed E-state index contributed by atoms with van der Waals surface area (Å²) >= 11 is 6.20. The SMILES string of the molecule is COc1ccccc1NC(=O)COc1ccc(Cl)cc1/C=C1/C(=O)NC(=O)N(c2ccc(OCc3ccccc3)cc2)C1=O. The van der Waals surface area contributed by atoms with E-state index in [1.165, 1.54) is 31.4 Å². The molecule has 1 aliphatic heterocycles. The van der Waals surface area contributed by atoms with Gasteiger partial charge in [-0.05, 0) is 66.2 Å². The second kappa shape index (κ2) is 13.6. The largest absolute Gasteiger partial charge is 0.495 e. The molecule has 0 aliphatic carbocycles. The second-order valence-electron chi connectivity index (χ2n) is 9.45. The van der Waals surface area contributed by atoms with E-state index in [4.69, 9.17) is 25.8 Å². The summed E-state index contributed by atoms with van der Waals surface area (Å²) in [6, 6.07) is 26.5. The van der Waals surface area contributed by atoms with Gasteiger partial charge < -0.3 is 19.5 Å². The molecule has 1 fully saturated rings. The fourth-order valence-corrected chi connectivity index (χ4v) is 4.50. The molecule has 5 amide bonds. The standard InChI is InChI=1S/C33H26ClN3O7/c1-42-29-10-6-5-9-27(29)35-30(38)20-44-28-16-11-23(34)17-22(28)18-26-31(39)36-33(41)37(32(26)40)24-12-14-25(15-13-24)43-19-21-7-3-2-4-8-21/h2-18H,19-20H2,1H3,(H,35,38)(H,36,39,41)/b26-18-. The third kappa shape index (κ3) is 7.05. The van der Waals surface area contributed by atoms with Crippen LogP contribution in [0.15, 0.2) is 103 Å². The molecule has 11 heteroatoms. The number of rotatable bonds is 10. The molecule has 0 bridgehead atoms. The number of barbiturate groups is 1. The molecule has 1 heterocycles. The molecule has 1 aliphatic rings. The van der Waals surface area contributed by atoms with Crippen molar-refractivity contribution in [3.63, 3.8) is 0 Å². The minimum atomic E-state index is -0.898. The number of urea groups is 1. The van der Waals surface area contributed by atoms with Crippen molar-refractivity contribution in [2.45, 2.75) is 6.61 Å². The Morgan fingerprint density at radius 2 is 1.61 bits per heavy atom. The minimum Gasteiger partial charge on any atom is -0.495 e. The number of carbonyl (C=O) groups is 4. The number of hydrogen-bond acceptors (Lipinski definition) is 7. The fourth-order valence-electron chi connectivity index (χ4n) is 4.32. The monoisotopic (exact) mass is 611 g/mol. The van der Waals surface area contributed by atoms with Gasteiger partial charge in [-0.3, -0.25) is 19.7 Å². The maximum Gasteiger partial charge on any atom is 0.335 e. The normalized spacial score (nSPS) is 13.8. The first kappa shape index (κ1) is 29.9. The van der Waals surface area contributed by atoms with Crippen molar-refractivity contribution in [3.8, 4) is 17.2 Å². The molecule has 0 spiro atoms. The topological polar surface area (TPSA) is 123 Å². The lowest BCUT2D eigenvalue weighted by molar-refractivity contribution is -0.122. The van der Waals surface area contributed by atoms with E-state index < -0.39 is 23.8 Å². The molecule has 1 saturated heterocycles. The summed E-state index contributed by atoms with van der Waals surface area (Å²) in [7, 11) is 1.49. The highest BCUT2D eigenvalue weighted by Gasteiger charge is 2.37. The number of nitrogens with one attached hydrogen (secondary N) is 2. The number of imide groups is 2. The molecular formula is C33H26ClN3O7. The van der Waals surface area contributed by atoms with Crippen molar-refractivity contribution < 1.29 is 33.4 Å². The Labute approximate surface area is 257 Å². The zero-order valence-corrected chi connectivity index (χ0v) is 24.2. The van der Waals surface area contributed by atoms with Crippen LogP contribution in [0.2, 0.25) is 5.02 Å². The van der Waals surface area contributed by atoms with Crippen molar-refractivity contribution in [2.75, 3.05) is 23.9 Å². The lowest BCUT2D eigenvalue weighted by atomic mass is 10.1. The molecule has 222 valence electrons. The van der Waals surface area contributed by atoms with Crippen LogP contribution in [-0.2, 0) is 21.0 Å². The van der Waals surface area contributed by atoms with Crippen LogP contribution in [0.3, 0.4) is 0 Å². The van der Waals surface area contributed by atoms with Crippen molar-refractivity contribution in [1.29, 1.82) is 0 Å². The first-order valence-corrected chi connectivity index (χ1v) is 13.7. The van der Waals surface area contributed by atoms with Gasteiger partial charge in [0.05, 0.1) is 18.5 Å². The third-order valence-corrected chi connectivity index (χ3v) is 6.69. The molecule has 4 aromatic carbocycles. The highest BCUT2D eigenvalue weighted by Crippen LogP contribution is 2.29. The number of methoxy groups -OCH3 is 1. The van der Waals surface area contributed by atoms with E-state index in [2.05, 4.69) is 10.6 Å². The predicted molar refractivity (Wildman–Crippen MR) is 165 cm³/mol. The summed E-state index contributed by atoms with van der Waals surface area (Å²) in [5.41, 5.74) is 1.59. The summed E-state index contributed by atoms with van der Waals surface area (Å²) in [4.78, 5) is 52.4. The van der Waals surface area contributed by atoms with Gasteiger partial charge in [0, 0.05) is 10.6 Å². The number of amides is 5. The first-order chi connectivity index (χ1) is 21.3. The van der Waals surface area contributed by atoms with E-state index in [0.29, 0.717) is 28.8 Å². The number of carbonyl (C=O) groups excluding carboxylic acids is 4. The number of nitrogens with zero attached hydrogens (tertiary/aromatic N) is 1. The van der Waals surface area contributed by atoms with E-state index in [1.807, 2.05) is 30.3 Å². The summed E-state index contributed by atoms with van der Waals surface area (Å²) < 4.78 is 16.7. The van der Waals surface area contributed by atoms with Crippen molar-refractivity contribution in [3.05, 3.63) is 119 Å². The Bertz CT molecular complexity index is 1740. The molecule has 10 nitrogen and oxygen atoms in total. The van der Waals surface area contributed by atoms with Gasteiger partial charge in [-0.15, -0.1) is 0 Å². The van der Waals surface area contributed by atoms with E-state index >= 15 is 0 Å². The van der Waals surface area contributed by atoms with Crippen LogP contribution in [0.5, 0.6) is 17.2 Å². The first-order valence-electron chi connectivity index (χ1n) is 13.4. The Hall–Kier alpha value is -5.61. The predicted octanol–water partition coefficient (Wildman–Crippen LogP) is 5.61. The summed E-state index contributed by atoms with van der Waals surface area (Å²) in [5.74, 6) is -1.02. The molecular weight excluding hydrogens is 586 g/mol. The third-order valence-electron chi connectivity index (χ3n) is 6.46. The fraction of sp³-hybridized carbons (Fsp3) is 0.0909. The molecule has 0 unspecified atom stereocenters. The van der Waals surface area contributed by atoms with Crippen molar-refractivity contribution >= 4 is 52.8 Å². The molecule has 4 aromatic rings. The van der Waals surface area contributed by atoms with Crippen LogP contribution >= 0.6 is 11.6 Å². The summed E-state index contributed by atoms with van der Waals surface area (Å²) in [6.07, 6.45) is 1.26. The maximum absolute atomic E-state index is 13.5. The van der Waals surface area contributed by atoms with E-state index in [0.717, 1.165) is 10.5 Å². The van der Waals surface area contributed by atoms with E-state index in [9.17, 15) is 19.2 Å². The number of para-hydroxylation sites is 2. The maximum atomic E-state index is 13.5. The van der Waals surface area contributed by atoms with E-state index in [-0.39, 0.29) is 29.2 Å². The average molecular weight is 612 g/mol. The number of halogens is 1. The molecule has 0 radical (unpaired) electrons. The number of hydrogen-bond donors (Lipinski definition) is 2. The molecule has 0 atom stereocenters. The van der Waals surface area contributed by atoms with Crippen LogP contribution in [0.25, 0.3) is 6.08 Å². The number of anilines is 2. The second-order valence-corrected chi connectivity index (χ2v) is 9.88. The molecule has 2 N–H and O–H groups in total. The Morgan fingerprint density at radius 1 is 0.886 bits per heavy atom. The van der Waals surface area contributed by atoms with Crippen LogP contribution in [0, 0.1) is 0 Å². The molecule has 0 aromatic heterocycles. The van der Waals surface area contributed by atoms with Gasteiger partial charge in [0.15, 0.2) is 6.61 Å². The summed E-state index contributed by atoms with van der Waals surface area (Å²) in [6.45, 7) is -0.0455. The Kier molecular flexibility index (Phi) is 9.22. The zero-order chi connectivity index (χ0) is 31.1. The smallest absolute Gasteiger partial charge is 0.335 e. The van der Waals surface area contributed by atoms with Gasteiger partial charge in [-0.2, -0.15) is 0 Å². The molecule has 5 rings (SSSR count). The number of ether oxygens (including phenoxy) is 3. The van der Waals surface area contributed by atoms with Crippen LogP contribution in [0.4, 0.5) is 16.2 Å². The van der Waals surface area contributed by atoms with Crippen molar-refractivity contribution in [2.24, 2.45) is 0 Å². The average Bonchev–Trinajstić information content (AvgIpc) is 3.03. The quantitative estimate of drug-likeness (QED) is 0.176. The van der Waals surface area contributed by atoms with Gasteiger partial charge in [0.25, 0.3) is 17.7 Å². The van der Waals surface area contributed by atoms with Gasteiger partial charge in [0.1, 0.15) is 29.4 Å². The van der Waals surface area contributed by atoms with Crippen LogP contribution in [-0.4, -0.2) is 37.5 Å². The summed E-state index contributed by atoms with van der Waals surface area (Å²) in [5, 5.41) is 5.19. The molecule has 44 heavy (non-hydrogen) atoms. The Morgan fingerprint density at radius 3 is 2.36 bits per heavy atom. The van der Waals surface area contributed by atoms with Gasteiger partial charge >= 0.3 is 6.03 Å². The minimum absolute atomic E-state index is 0.182. The van der Waals surface area contributed by atoms with E-state index in [1.54, 1.807) is 48.5 Å². The molecule has 0 saturated carbocycles. The van der Waals surface area contributed by atoms with Crippen LogP contribution < -0.4 is 29.7 Å². The number of benzene rings is 4. The highest BCUT2D eigenvalue weighted by molar-refractivity contribution is 6.39. The van der Waals surface area contributed by atoms with Gasteiger partial charge in [0.2, 0.25) is 0 Å². The van der Waals surface area contributed by atoms with Crippen LogP contribution in [0.1, 0.15) is 11.1 Å². The lowest BCUT2D eigenvalue weighted by Crippen LogP contribution is -2.54. The van der Waals surface area contributed by atoms with Crippen molar-refractivity contribution in [1.82, 2.24) is 5.32 Å². The van der Waals surface area contributed by atoms with Gasteiger partial charge in [-0.25, -0.2) is 9.69 Å². The zero-order valence-electron chi connectivity index (χ0n) is 23.4. The Balaban J connectivity index is 1.32. The highest BCUT2D eigenvalue weighted by atomic mass is 35.5. The van der Waals surface area contributed by atoms with Gasteiger partial charge in [-0.1, -0.05) is 54.1 Å². The lowest BCUT2D eigenvalue weighted by Gasteiger charge is -2.26.